The number of carbonyl (C=O) groups is 1. The van der Waals surface area contributed by atoms with Gasteiger partial charge in [-0.25, -0.2) is 4.98 Å². The number of hydrogen-bond acceptors (Lipinski definition) is 4. The zero-order valence-corrected chi connectivity index (χ0v) is 8.84. The van der Waals surface area contributed by atoms with Crippen molar-refractivity contribution in [1.82, 2.24) is 4.98 Å². The molecule has 2 rings (SSSR count). The second kappa shape index (κ2) is 4.49. The lowest BCUT2D eigenvalue weighted by molar-refractivity contribution is -0.134. The molecule has 17 heavy (non-hydrogen) atoms. The predicted molar refractivity (Wildman–Crippen MR) is 62.6 cm³/mol. The average molecular weight is 227 g/mol. The van der Waals surface area contributed by atoms with Crippen LogP contribution in [0.4, 0.5) is 5.82 Å². The number of carboxylic acid groups (broad SMARTS) is 1. The van der Waals surface area contributed by atoms with Crippen LogP contribution in [0.15, 0.2) is 30.3 Å². The molecule has 0 aliphatic rings. The quantitative estimate of drug-likeness (QED) is 0.831. The zero-order chi connectivity index (χ0) is 12.3. The number of anilines is 1. The van der Waals surface area contributed by atoms with E-state index < -0.39 is 5.97 Å². The van der Waals surface area contributed by atoms with Crippen LogP contribution in [0.1, 0.15) is 5.56 Å². The summed E-state index contributed by atoms with van der Waals surface area (Å²) in [5.41, 5.74) is 1.06. The third-order valence-electron chi connectivity index (χ3n) is 2.25. The molecule has 0 radical (unpaired) electrons. The Morgan fingerprint density at radius 1 is 1.47 bits per heavy atom. The fourth-order valence-corrected chi connectivity index (χ4v) is 1.50. The third-order valence-corrected chi connectivity index (χ3v) is 2.25. The molecular formula is C12H9N3O2. The summed E-state index contributed by atoms with van der Waals surface area (Å²) in [7, 11) is 0. The van der Waals surface area contributed by atoms with Crippen molar-refractivity contribution in [1.29, 1.82) is 5.26 Å². The van der Waals surface area contributed by atoms with Crippen molar-refractivity contribution in [2.24, 2.45) is 0 Å². The van der Waals surface area contributed by atoms with Crippen LogP contribution in [-0.2, 0) is 4.79 Å². The van der Waals surface area contributed by atoms with E-state index in [0.717, 1.165) is 10.9 Å². The van der Waals surface area contributed by atoms with Crippen molar-refractivity contribution in [2.75, 3.05) is 11.9 Å². The summed E-state index contributed by atoms with van der Waals surface area (Å²) < 4.78 is 0. The molecule has 1 aromatic heterocycles. The molecule has 84 valence electrons. The SMILES string of the molecule is N#Cc1cc2ccccc2nc1NCC(=O)O. The van der Waals surface area contributed by atoms with Gasteiger partial charge >= 0.3 is 5.97 Å². The molecule has 2 N–H and O–H groups in total. The van der Waals surface area contributed by atoms with Gasteiger partial charge in [-0.2, -0.15) is 5.26 Å². The fourth-order valence-electron chi connectivity index (χ4n) is 1.50. The molecule has 0 aliphatic heterocycles. The van der Waals surface area contributed by atoms with Gasteiger partial charge in [-0.15, -0.1) is 0 Å². The highest BCUT2D eigenvalue weighted by molar-refractivity contribution is 5.83. The topological polar surface area (TPSA) is 86.0 Å². The number of carboxylic acids is 1. The predicted octanol–water partition coefficient (Wildman–Crippen LogP) is 1.60. The summed E-state index contributed by atoms with van der Waals surface area (Å²) >= 11 is 0. The van der Waals surface area contributed by atoms with E-state index >= 15 is 0 Å². The standard InChI is InChI=1S/C12H9N3O2/c13-6-9-5-8-3-1-2-4-10(8)15-12(9)14-7-11(16)17/h1-5H,7H2,(H,14,15)(H,16,17). The van der Waals surface area contributed by atoms with E-state index in [1.807, 2.05) is 30.3 Å². The van der Waals surface area contributed by atoms with E-state index in [0.29, 0.717) is 11.4 Å². The van der Waals surface area contributed by atoms with Gasteiger partial charge in [0.15, 0.2) is 0 Å². The molecule has 5 nitrogen and oxygen atoms in total. The van der Waals surface area contributed by atoms with Crippen molar-refractivity contribution < 1.29 is 9.90 Å². The number of hydrogen-bond donors (Lipinski definition) is 2. The molecule has 1 aromatic carbocycles. The van der Waals surface area contributed by atoms with E-state index in [-0.39, 0.29) is 6.54 Å². The van der Waals surface area contributed by atoms with E-state index in [1.54, 1.807) is 6.07 Å². The first-order chi connectivity index (χ1) is 8.20. The van der Waals surface area contributed by atoms with Gasteiger partial charge < -0.3 is 10.4 Å². The maximum Gasteiger partial charge on any atom is 0.322 e. The van der Waals surface area contributed by atoms with Gasteiger partial charge in [-0.3, -0.25) is 4.79 Å². The Morgan fingerprint density at radius 3 is 2.94 bits per heavy atom. The molecule has 0 saturated heterocycles. The minimum absolute atomic E-state index is 0.264. The maximum atomic E-state index is 10.5. The van der Waals surface area contributed by atoms with E-state index in [4.69, 9.17) is 10.4 Å². The third kappa shape index (κ3) is 2.32. The van der Waals surface area contributed by atoms with Gasteiger partial charge in [0.2, 0.25) is 0 Å². The first-order valence-corrected chi connectivity index (χ1v) is 4.96. The Morgan fingerprint density at radius 2 is 2.24 bits per heavy atom. The second-order valence-corrected chi connectivity index (χ2v) is 3.44. The summed E-state index contributed by atoms with van der Waals surface area (Å²) in [4.78, 5) is 14.7. The molecule has 0 atom stereocenters. The van der Waals surface area contributed by atoms with Crippen LogP contribution in [0.3, 0.4) is 0 Å². The average Bonchev–Trinajstić information content (AvgIpc) is 2.35. The summed E-state index contributed by atoms with van der Waals surface area (Å²) in [6, 6.07) is 11.0. The van der Waals surface area contributed by atoms with Crippen molar-refractivity contribution in [3.05, 3.63) is 35.9 Å². The van der Waals surface area contributed by atoms with Crippen LogP contribution in [-0.4, -0.2) is 22.6 Å². The number of pyridine rings is 1. The Hall–Kier alpha value is -2.61. The lowest BCUT2D eigenvalue weighted by Crippen LogP contribution is -2.14. The summed E-state index contributed by atoms with van der Waals surface area (Å²) in [6.07, 6.45) is 0. The van der Waals surface area contributed by atoms with Gasteiger partial charge in [-0.1, -0.05) is 18.2 Å². The molecule has 0 fully saturated rings. The number of benzene rings is 1. The molecule has 0 bridgehead atoms. The highest BCUT2D eigenvalue weighted by Gasteiger charge is 2.07. The minimum Gasteiger partial charge on any atom is -0.480 e. The molecule has 1 heterocycles. The summed E-state index contributed by atoms with van der Waals surface area (Å²) in [5, 5.41) is 21.0. The van der Waals surface area contributed by atoms with Crippen LogP contribution in [0.25, 0.3) is 10.9 Å². The van der Waals surface area contributed by atoms with Crippen molar-refractivity contribution in [3.63, 3.8) is 0 Å². The number of rotatable bonds is 3. The smallest absolute Gasteiger partial charge is 0.322 e. The number of aliphatic carboxylic acids is 1. The molecule has 5 heteroatoms. The molecular weight excluding hydrogens is 218 g/mol. The Kier molecular flexibility index (Phi) is 2.88. The minimum atomic E-state index is -0.996. The number of nitriles is 1. The van der Waals surface area contributed by atoms with Crippen LogP contribution in [0.2, 0.25) is 0 Å². The first kappa shape index (κ1) is 10.9. The second-order valence-electron chi connectivity index (χ2n) is 3.44. The molecule has 0 unspecified atom stereocenters. The van der Waals surface area contributed by atoms with E-state index in [9.17, 15) is 4.79 Å². The van der Waals surface area contributed by atoms with Crippen molar-refractivity contribution in [3.8, 4) is 6.07 Å². The lowest BCUT2D eigenvalue weighted by Gasteiger charge is -2.06. The van der Waals surface area contributed by atoms with Crippen molar-refractivity contribution >= 4 is 22.7 Å². The van der Waals surface area contributed by atoms with Crippen LogP contribution < -0.4 is 5.32 Å². The zero-order valence-electron chi connectivity index (χ0n) is 8.84. The first-order valence-electron chi connectivity index (χ1n) is 4.96. The normalized spacial score (nSPS) is 9.82. The van der Waals surface area contributed by atoms with E-state index in [1.165, 1.54) is 0 Å². The monoisotopic (exact) mass is 227 g/mol. The number of aromatic nitrogens is 1. The Bertz CT molecular complexity index is 617. The number of nitrogens with zero attached hydrogens (tertiary/aromatic N) is 2. The van der Waals surface area contributed by atoms with Crippen molar-refractivity contribution in [2.45, 2.75) is 0 Å². The largest absolute Gasteiger partial charge is 0.480 e. The van der Waals surface area contributed by atoms with Gasteiger partial charge in [0.1, 0.15) is 18.4 Å². The highest BCUT2D eigenvalue weighted by atomic mass is 16.4. The van der Waals surface area contributed by atoms with Crippen LogP contribution in [0, 0.1) is 11.3 Å². The van der Waals surface area contributed by atoms with E-state index in [2.05, 4.69) is 10.3 Å². The van der Waals surface area contributed by atoms with Gasteiger partial charge in [-0.05, 0) is 12.1 Å². The van der Waals surface area contributed by atoms with Crippen LogP contribution >= 0.6 is 0 Å². The van der Waals surface area contributed by atoms with Crippen LogP contribution in [0.5, 0.6) is 0 Å². The van der Waals surface area contributed by atoms with Gasteiger partial charge in [0.25, 0.3) is 0 Å². The maximum absolute atomic E-state index is 10.5. The number of fused-ring (bicyclic) bond motifs is 1. The number of nitrogens with one attached hydrogen (secondary N) is 1. The van der Waals surface area contributed by atoms with Gasteiger partial charge in [0, 0.05) is 5.39 Å². The molecule has 2 aromatic rings. The Labute approximate surface area is 97.3 Å². The molecule has 0 saturated carbocycles. The molecule has 0 spiro atoms. The number of para-hydroxylation sites is 1. The lowest BCUT2D eigenvalue weighted by atomic mass is 10.1. The van der Waals surface area contributed by atoms with Gasteiger partial charge in [0.05, 0.1) is 11.1 Å². The highest BCUT2D eigenvalue weighted by Crippen LogP contribution is 2.19. The molecule has 0 amide bonds. The fraction of sp³-hybridized carbons (Fsp3) is 0.0833. The molecule has 0 aliphatic carbocycles. The Balaban J connectivity index is 2.46. The summed E-state index contributed by atoms with van der Waals surface area (Å²) in [6.45, 7) is -0.264. The summed E-state index contributed by atoms with van der Waals surface area (Å²) in [5.74, 6) is -0.697.